The maximum absolute atomic E-state index is 13.2. The second kappa shape index (κ2) is 45.4. The molecule has 1 atom stereocenters. The molecule has 1 heterocycles. The van der Waals surface area contributed by atoms with Crippen LogP contribution >= 0.6 is 0 Å². The van der Waals surface area contributed by atoms with Crippen LogP contribution < -0.4 is 5.32 Å². The molecule has 1 N–H and O–H groups in total. The zero-order chi connectivity index (χ0) is 58.5. The van der Waals surface area contributed by atoms with Crippen LogP contribution in [0.3, 0.4) is 0 Å². The standard InChI is InChI=1S/C61H101F5N2O12/c1-4-7-10-13-16-27-42-75-58(76-43-28-17-14-11-8-5-2)35-34-57(72)79-49-52-45-50(47-77-55(70)31-22-19-21-30-54(69)74-41-26-18-15-23-36-60(62,63)61(64,65)66)44-51(46-52)48-78-56(71)33-32-53(29-20-12-9-6-3)80-59(73)67-37-40-68-38-24-25-39-68/h44-46,53,58H,4-43,47-49H2,1-3H3,(H,67,73). The number of hydrogen-bond donors (Lipinski definition) is 1. The molecule has 80 heavy (non-hydrogen) atoms. The molecule has 1 amide bonds. The number of alkyl carbamates (subject to hydrolysis) is 1. The molecule has 0 aliphatic carbocycles. The van der Waals surface area contributed by atoms with Gasteiger partial charge in [-0.15, -0.1) is 0 Å². The van der Waals surface area contributed by atoms with Crippen molar-refractivity contribution in [1.82, 2.24) is 10.2 Å². The fourth-order valence-corrected chi connectivity index (χ4v) is 9.22. The van der Waals surface area contributed by atoms with Gasteiger partial charge < -0.3 is 43.4 Å². The summed E-state index contributed by atoms with van der Waals surface area (Å²) in [5, 5.41) is 2.86. The van der Waals surface area contributed by atoms with E-state index < -0.39 is 60.9 Å². The van der Waals surface area contributed by atoms with Gasteiger partial charge in [0.15, 0.2) is 6.29 Å². The van der Waals surface area contributed by atoms with Crippen LogP contribution in [-0.2, 0) is 72.2 Å². The molecule has 1 aliphatic heterocycles. The van der Waals surface area contributed by atoms with E-state index in [1.165, 1.54) is 38.5 Å². The summed E-state index contributed by atoms with van der Waals surface area (Å²) in [5.41, 5.74) is 1.77. The number of halogens is 5. The minimum Gasteiger partial charge on any atom is -0.466 e. The van der Waals surface area contributed by atoms with E-state index in [1.807, 2.05) is 0 Å². The van der Waals surface area contributed by atoms with E-state index in [4.69, 9.17) is 33.2 Å². The van der Waals surface area contributed by atoms with E-state index in [2.05, 4.69) is 31.0 Å². The number of benzene rings is 1. The molecule has 1 unspecified atom stereocenters. The zero-order valence-corrected chi connectivity index (χ0v) is 49.0. The van der Waals surface area contributed by atoms with Gasteiger partial charge >= 0.3 is 42.1 Å². The van der Waals surface area contributed by atoms with E-state index in [1.54, 1.807) is 18.2 Å². The van der Waals surface area contributed by atoms with Gasteiger partial charge in [-0.1, -0.05) is 124 Å². The molecule has 1 fully saturated rings. The van der Waals surface area contributed by atoms with Crippen molar-refractivity contribution in [2.45, 2.75) is 277 Å². The Morgan fingerprint density at radius 3 is 1.44 bits per heavy atom. The number of ether oxygens (including phenoxy) is 7. The number of alkyl halides is 5. The Balaban J connectivity index is 1.99. The fraction of sp³-hybridized carbons (Fsp3) is 0.820. The second-order valence-corrected chi connectivity index (χ2v) is 21.4. The molecule has 1 aromatic rings. The third kappa shape index (κ3) is 37.8. The van der Waals surface area contributed by atoms with E-state index in [0.717, 1.165) is 96.7 Å². The molecule has 0 bridgehead atoms. The lowest BCUT2D eigenvalue weighted by Crippen LogP contribution is -2.36. The maximum atomic E-state index is 13.2. The lowest BCUT2D eigenvalue weighted by molar-refractivity contribution is -0.284. The van der Waals surface area contributed by atoms with Crippen molar-refractivity contribution in [3.8, 4) is 0 Å². The third-order valence-corrected chi connectivity index (χ3v) is 14.0. The fourth-order valence-electron chi connectivity index (χ4n) is 9.22. The van der Waals surface area contributed by atoms with Crippen molar-refractivity contribution in [3.05, 3.63) is 34.9 Å². The number of carbonyl (C=O) groups is 5. The number of esters is 4. The Morgan fingerprint density at radius 1 is 0.500 bits per heavy atom. The molecule has 2 rings (SSSR count). The lowest BCUT2D eigenvalue weighted by Gasteiger charge is -2.19. The van der Waals surface area contributed by atoms with Gasteiger partial charge in [0.2, 0.25) is 0 Å². The Bertz CT molecular complexity index is 1780. The molecule has 1 saturated heterocycles. The predicted octanol–water partition coefficient (Wildman–Crippen LogP) is 15.3. The summed E-state index contributed by atoms with van der Waals surface area (Å²) >= 11 is 0. The summed E-state index contributed by atoms with van der Waals surface area (Å²) in [7, 11) is 0. The topological polar surface area (TPSA) is 165 Å². The average Bonchev–Trinajstić information content (AvgIpc) is 3.95. The summed E-state index contributed by atoms with van der Waals surface area (Å²) in [6, 6.07) is 5.28. The van der Waals surface area contributed by atoms with E-state index >= 15 is 0 Å². The minimum absolute atomic E-state index is 0.0294. The predicted molar refractivity (Wildman–Crippen MR) is 298 cm³/mol. The Morgan fingerprint density at radius 2 is 0.925 bits per heavy atom. The van der Waals surface area contributed by atoms with Gasteiger partial charge in [0.1, 0.15) is 25.9 Å². The highest BCUT2D eigenvalue weighted by molar-refractivity contribution is 5.71. The van der Waals surface area contributed by atoms with Gasteiger partial charge in [-0.2, -0.15) is 22.0 Å². The third-order valence-electron chi connectivity index (χ3n) is 14.0. The number of carbonyl (C=O) groups excluding carboxylic acids is 5. The SMILES string of the molecule is CCCCCCCCOC(CCC(=O)OCc1cc(COC(=O)CCCCCC(=O)OCCCCCCC(F)(F)C(F)(F)F)cc(COC(=O)CCC(CCCCCC)OC(=O)NCCN2CCCC2)c1)OCCCCCCCC. The normalized spacial score (nSPS) is 13.4. The molecule has 0 radical (unpaired) electrons. The summed E-state index contributed by atoms with van der Waals surface area (Å²) < 4.78 is 103. The molecule has 0 spiro atoms. The van der Waals surface area contributed by atoms with Gasteiger partial charge in [-0.3, -0.25) is 19.2 Å². The van der Waals surface area contributed by atoms with Gasteiger partial charge in [0.05, 0.1) is 13.0 Å². The maximum Gasteiger partial charge on any atom is 0.453 e. The summed E-state index contributed by atoms with van der Waals surface area (Å²) in [4.78, 5) is 66.5. The zero-order valence-electron chi connectivity index (χ0n) is 49.0. The number of nitrogens with zero attached hydrogens (tertiary/aromatic N) is 1. The summed E-state index contributed by atoms with van der Waals surface area (Å²) in [6.07, 6.45) is 15.1. The smallest absolute Gasteiger partial charge is 0.453 e. The van der Waals surface area contributed by atoms with E-state index in [0.29, 0.717) is 87.8 Å². The van der Waals surface area contributed by atoms with E-state index in [-0.39, 0.29) is 65.0 Å². The van der Waals surface area contributed by atoms with Gasteiger partial charge in [0, 0.05) is 58.4 Å². The number of unbranched alkanes of at least 4 members (excludes halogenated alkanes) is 18. The van der Waals surface area contributed by atoms with Gasteiger partial charge in [0.25, 0.3) is 0 Å². The van der Waals surface area contributed by atoms with Crippen LogP contribution in [0.25, 0.3) is 0 Å². The first kappa shape index (κ1) is 72.0. The average molecular weight is 1150 g/mol. The van der Waals surface area contributed by atoms with Gasteiger partial charge in [-0.05, 0) is 119 Å². The van der Waals surface area contributed by atoms with Gasteiger partial charge in [-0.25, -0.2) is 4.79 Å². The first-order chi connectivity index (χ1) is 38.5. The molecule has 0 saturated carbocycles. The Labute approximate surface area is 475 Å². The lowest BCUT2D eigenvalue weighted by atomic mass is 10.1. The monoisotopic (exact) mass is 1150 g/mol. The number of nitrogens with one attached hydrogen (secondary N) is 1. The van der Waals surface area contributed by atoms with Crippen LogP contribution in [0.5, 0.6) is 0 Å². The van der Waals surface area contributed by atoms with E-state index in [9.17, 15) is 45.9 Å². The van der Waals surface area contributed by atoms with Crippen LogP contribution in [0.15, 0.2) is 18.2 Å². The number of hydrogen-bond acceptors (Lipinski definition) is 13. The summed E-state index contributed by atoms with van der Waals surface area (Å²) in [6.45, 7) is 10.7. The minimum atomic E-state index is -5.56. The van der Waals surface area contributed by atoms with Crippen molar-refractivity contribution in [2.75, 3.05) is 46.0 Å². The van der Waals surface area contributed by atoms with Crippen LogP contribution in [0, 0.1) is 0 Å². The highest BCUT2D eigenvalue weighted by Crippen LogP contribution is 2.39. The van der Waals surface area contributed by atoms with Crippen molar-refractivity contribution < 1.29 is 79.1 Å². The number of amides is 1. The van der Waals surface area contributed by atoms with Crippen molar-refractivity contribution in [3.63, 3.8) is 0 Å². The number of likely N-dealkylation sites (tertiary alicyclic amines) is 1. The van der Waals surface area contributed by atoms with Crippen molar-refractivity contribution in [2.24, 2.45) is 0 Å². The molecular weight excluding hydrogens is 1050 g/mol. The van der Waals surface area contributed by atoms with Crippen LogP contribution in [0.2, 0.25) is 0 Å². The molecule has 14 nitrogen and oxygen atoms in total. The van der Waals surface area contributed by atoms with Crippen LogP contribution in [0.1, 0.15) is 249 Å². The van der Waals surface area contributed by atoms with Crippen LogP contribution in [-0.4, -0.2) is 105 Å². The summed E-state index contributed by atoms with van der Waals surface area (Å²) in [5.74, 6) is -6.55. The highest BCUT2D eigenvalue weighted by Gasteiger charge is 2.56. The number of rotatable bonds is 50. The quantitative estimate of drug-likeness (QED) is 0.0216. The Hall–Kier alpha value is -4.10. The molecular formula is C61H101F5N2O12. The van der Waals surface area contributed by atoms with Crippen molar-refractivity contribution in [1.29, 1.82) is 0 Å². The second-order valence-electron chi connectivity index (χ2n) is 21.4. The van der Waals surface area contributed by atoms with Crippen LogP contribution in [0.4, 0.5) is 26.7 Å². The first-order valence-corrected chi connectivity index (χ1v) is 30.6. The largest absolute Gasteiger partial charge is 0.466 e. The first-order valence-electron chi connectivity index (χ1n) is 30.6. The molecule has 0 aromatic heterocycles. The molecule has 1 aliphatic rings. The highest BCUT2D eigenvalue weighted by atomic mass is 19.4. The molecule has 1 aromatic carbocycles. The Kier molecular flexibility index (Phi) is 40.9. The molecule has 462 valence electrons. The van der Waals surface area contributed by atoms with Crippen molar-refractivity contribution >= 4 is 30.0 Å². The molecule has 19 heteroatoms.